The lowest BCUT2D eigenvalue weighted by atomic mass is 10.2. The van der Waals surface area contributed by atoms with Crippen molar-refractivity contribution in [2.24, 2.45) is 0 Å². The Kier molecular flexibility index (Phi) is 13.2. The van der Waals surface area contributed by atoms with Crippen LogP contribution in [0.1, 0.15) is 45.5 Å². The summed E-state index contributed by atoms with van der Waals surface area (Å²) in [5.41, 5.74) is 1.27. The fraction of sp³-hybridized carbons (Fsp3) is 0.235. The standard InChI is InChI=1S/C34H34O10/c1-4-31(35)41-20-7-6-19-39-27-15-11-26(12-16-27)34(38)44-30-18-17-29(23-24(30)3)43-33(37)25-9-13-28(14-10-25)40-21-8-22-42-32(36)5-2/h4-5,9-18,23H,1-2,6-8,19-22H2,3H3. The van der Waals surface area contributed by atoms with E-state index in [1.165, 1.54) is 0 Å². The molecule has 0 aliphatic carbocycles. The molecule has 0 unspecified atom stereocenters. The van der Waals surface area contributed by atoms with Crippen molar-refractivity contribution in [3.63, 3.8) is 0 Å². The van der Waals surface area contributed by atoms with Crippen LogP contribution < -0.4 is 18.9 Å². The van der Waals surface area contributed by atoms with Crippen LogP contribution in [-0.2, 0) is 19.1 Å². The van der Waals surface area contributed by atoms with E-state index in [2.05, 4.69) is 13.2 Å². The van der Waals surface area contributed by atoms with Crippen molar-refractivity contribution >= 4 is 23.9 Å². The SMILES string of the molecule is C=CC(=O)OCCCCOc1ccc(C(=O)Oc2ccc(OC(=O)c3ccc(OCCCOC(=O)C=C)cc3)cc2C)cc1. The highest BCUT2D eigenvalue weighted by Gasteiger charge is 2.14. The van der Waals surface area contributed by atoms with Crippen molar-refractivity contribution in [2.45, 2.75) is 26.2 Å². The highest BCUT2D eigenvalue weighted by atomic mass is 16.5. The molecule has 0 bridgehead atoms. The van der Waals surface area contributed by atoms with Crippen molar-refractivity contribution in [2.75, 3.05) is 26.4 Å². The van der Waals surface area contributed by atoms with E-state index >= 15 is 0 Å². The van der Waals surface area contributed by atoms with Gasteiger partial charge < -0.3 is 28.4 Å². The Morgan fingerprint density at radius 3 is 1.57 bits per heavy atom. The third-order valence-corrected chi connectivity index (χ3v) is 5.93. The highest BCUT2D eigenvalue weighted by molar-refractivity contribution is 5.92. The number of benzene rings is 3. The molecule has 10 nitrogen and oxygen atoms in total. The first kappa shape index (κ1) is 33.1. The van der Waals surface area contributed by atoms with Crippen LogP contribution >= 0.6 is 0 Å². The van der Waals surface area contributed by atoms with Crippen LogP contribution in [0.4, 0.5) is 0 Å². The Balaban J connectivity index is 1.43. The third-order valence-electron chi connectivity index (χ3n) is 5.93. The zero-order chi connectivity index (χ0) is 31.7. The Bertz CT molecular complexity index is 1440. The predicted molar refractivity (Wildman–Crippen MR) is 161 cm³/mol. The average Bonchev–Trinajstić information content (AvgIpc) is 3.04. The lowest BCUT2D eigenvalue weighted by molar-refractivity contribution is -0.138. The van der Waals surface area contributed by atoms with E-state index in [1.54, 1.807) is 73.7 Å². The van der Waals surface area contributed by atoms with Gasteiger partial charge in [0.15, 0.2) is 0 Å². The lowest BCUT2D eigenvalue weighted by Crippen LogP contribution is -2.11. The molecule has 0 aliphatic rings. The minimum Gasteiger partial charge on any atom is -0.494 e. The number of carbonyl (C=O) groups excluding carboxylic acids is 4. The van der Waals surface area contributed by atoms with E-state index in [4.69, 9.17) is 28.4 Å². The quantitative estimate of drug-likeness (QED) is 0.0808. The summed E-state index contributed by atoms with van der Waals surface area (Å²) in [4.78, 5) is 47.3. The molecular weight excluding hydrogens is 568 g/mol. The Morgan fingerprint density at radius 1 is 0.591 bits per heavy atom. The first-order valence-electron chi connectivity index (χ1n) is 13.9. The zero-order valence-corrected chi connectivity index (χ0v) is 24.5. The molecule has 0 radical (unpaired) electrons. The van der Waals surface area contributed by atoms with Gasteiger partial charge in [0, 0.05) is 18.6 Å². The molecule has 3 aromatic carbocycles. The summed E-state index contributed by atoms with van der Waals surface area (Å²) in [6.07, 6.45) is 4.08. The zero-order valence-electron chi connectivity index (χ0n) is 24.5. The van der Waals surface area contributed by atoms with E-state index in [9.17, 15) is 19.2 Å². The Hall–Kier alpha value is -5.38. The minimum atomic E-state index is -0.560. The molecule has 0 aromatic heterocycles. The van der Waals surface area contributed by atoms with Gasteiger partial charge in [0.05, 0.1) is 37.6 Å². The second-order valence-electron chi connectivity index (χ2n) is 9.26. The smallest absolute Gasteiger partial charge is 0.343 e. The molecule has 0 amide bonds. The van der Waals surface area contributed by atoms with Crippen molar-refractivity contribution in [1.82, 2.24) is 0 Å². The monoisotopic (exact) mass is 602 g/mol. The number of hydrogen-bond donors (Lipinski definition) is 0. The number of unbranched alkanes of at least 4 members (excludes halogenated alkanes) is 1. The molecule has 0 heterocycles. The van der Waals surface area contributed by atoms with Gasteiger partial charge in [0.25, 0.3) is 0 Å². The number of aryl methyl sites for hydroxylation is 1. The summed E-state index contributed by atoms with van der Waals surface area (Å²) in [5.74, 6) is -0.269. The summed E-state index contributed by atoms with van der Waals surface area (Å²) in [6, 6.07) is 17.7. The van der Waals surface area contributed by atoms with Crippen LogP contribution in [0, 0.1) is 6.92 Å². The van der Waals surface area contributed by atoms with Crippen molar-refractivity contribution in [1.29, 1.82) is 0 Å². The summed E-state index contributed by atoms with van der Waals surface area (Å²) in [6.45, 7) is 9.69. The van der Waals surface area contributed by atoms with Crippen LogP contribution in [0.5, 0.6) is 23.0 Å². The molecule has 3 rings (SSSR count). The first-order chi connectivity index (χ1) is 21.3. The number of rotatable bonds is 17. The molecule has 3 aromatic rings. The third kappa shape index (κ3) is 11.1. The molecule has 0 N–H and O–H groups in total. The Morgan fingerprint density at radius 2 is 1.05 bits per heavy atom. The molecule has 0 atom stereocenters. The second-order valence-corrected chi connectivity index (χ2v) is 9.26. The number of ether oxygens (including phenoxy) is 6. The first-order valence-corrected chi connectivity index (χ1v) is 13.9. The second kappa shape index (κ2) is 17.5. The van der Waals surface area contributed by atoms with E-state index < -0.39 is 23.9 Å². The van der Waals surface area contributed by atoms with Crippen LogP contribution in [0.3, 0.4) is 0 Å². The van der Waals surface area contributed by atoms with E-state index in [1.807, 2.05) is 0 Å². The molecule has 0 spiro atoms. The van der Waals surface area contributed by atoms with Crippen LogP contribution in [0.25, 0.3) is 0 Å². The maximum Gasteiger partial charge on any atom is 0.343 e. The fourth-order valence-corrected chi connectivity index (χ4v) is 3.61. The molecule has 0 aliphatic heterocycles. The van der Waals surface area contributed by atoms with Gasteiger partial charge in [-0.2, -0.15) is 0 Å². The summed E-state index contributed by atoms with van der Waals surface area (Å²) in [7, 11) is 0. The van der Waals surface area contributed by atoms with E-state index in [0.717, 1.165) is 12.2 Å². The van der Waals surface area contributed by atoms with E-state index in [-0.39, 0.29) is 6.61 Å². The molecule has 10 heteroatoms. The average molecular weight is 603 g/mol. The molecule has 230 valence electrons. The molecule has 0 saturated carbocycles. The van der Waals surface area contributed by atoms with Gasteiger partial charge in [0.1, 0.15) is 23.0 Å². The topological polar surface area (TPSA) is 124 Å². The van der Waals surface area contributed by atoms with Gasteiger partial charge in [-0.1, -0.05) is 13.2 Å². The summed E-state index contributed by atoms with van der Waals surface area (Å²) >= 11 is 0. The van der Waals surface area contributed by atoms with E-state index in [0.29, 0.717) is 78.8 Å². The van der Waals surface area contributed by atoms with Gasteiger partial charge in [-0.15, -0.1) is 0 Å². The molecular formula is C34H34O10. The predicted octanol–water partition coefficient (Wildman–Crippen LogP) is 5.82. The van der Waals surface area contributed by atoms with Crippen molar-refractivity contribution in [3.05, 3.63) is 109 Å². The van der Waals surface area contributed by atoms with Crippen LogP contribution in [0.15, 0.2) is 92.0 Å². The van der Waals surface area contributed by atoms with Gasteiger partial charge in [0.2, 0.25) is 0 Å². The summed E-state index contributed by atoms with van der Waals surface area (Å²) < 4.78 is 32.0. The summed E-state index contributed by atoms with van der Waals surface area (Å²) in [5, 5.41) is 0. The van der Waals surface area contributed by atoms with Crippen molar-refractivity contribution in [3.8, 4) is 23.0 Å². The minimum absolute atomic E-state index is 0.219. The lowest BCUT2D eigenvalue weighted by Gasteiger charge is -2.11. The van der Waals surface area contributed by atoms with Gasteiger partial charge >= 0.3 is 23.9 Å². The largest absolute Gasteiger partial charge is 0.494 e. The molecule has 44 heavy (non-hydrogen) atoms. The number of carbonyl (C=O) groups is 4. The van der Waals surface area contributed by atoms with Crippen LogP contribution in [-0.4, -0.2) is 50.3 Å². The van der Waals surface area contributed by atoms with Crippen LogP contribution in [0.2, 0.25) is 0 Å². The number of esters is 4. The molecule has 0 fully saturated rings. The Labute approximate surface area is 255 Å². The normalized spacial score (nSPS) is 10.2. The van der Waals surface area contributed by atoms with Gasteiger partial charge in [-0.25, -0.2) is 19.2 Å². The fourth-order valence-electron chi connectivity index (χ4n) is 3.61. The molecule has 0 saturated heterocycles. The van der Waals surface area contributed by atoms with Crippen molar-refractivity contribution < 1.29 is 47.6 Å². The van der Waals surface area contributed by atoms with Gasteiger partial charge in [-0.05, 0) is 92.1 Å². The highest BCUT2D eigenvalue weighted by Crippen LogP contribution is 2.26. The maximum absolute atomic E-state index is 12.7. The number of hydrogen-bond acceptors (Lipinski definition) is 10. The maximum atomic E-state index is 12.7. The van der Waals surface area contributed by atoms with Gasteiger partial charge in [-0.3, -0.25) is 0 Å².